The van der Waals surface area contributed by atoms with Gasteiger partial charge in [-0.1, -0.05) is 173 Å². The third kappa shape index (κ3) is 10.0. The fraction of sp³-hybridized carbons (Fsp3) is 0.333. The standard InChI is InChI=1S/C48H57N2/c1-5-9-11-16-24-39-33-32-38(34-43(39)31-17-12-10-6-2)35-45(7-3)50(8-4)49-44-36-46(40-25-18-13-19-26-40)48(42-29-22-15-23-30-42)47(37-44)41-27-20-14-21-28-41/h13-15,18-23,25-30,32-37H,5-12,16-17,24,31H2,1-4H3/q+1. The van der Waals surface area contributed by atoms with Crippen molar-refractivity contribution in [3.8, 4) is 33.4 Å². The van der Waals surface area contributed by atoms with Crippen LogP contribution in [0.3, 0.4) is 0 Å². The molecule has 2 nitrogen and oxygen atoms in total. The summed E-state index contributed by atoms with van der Waals surface area (Å²) in [5.74, 6) is 0. The lowest BCUT2D eigenvalue weighted by atomic mass is 9.87. The molecule has 0 saturated heterocycles. The van der Waals surface area contributed by atoms with Crippen molar-refractivity contribution in [3.05, 3.63) is 144 Å². The molecule has 5 aromatic rings. The van der Waals surface area contributed by atoms with Crippen LogP contribution in [-0.4, -0.2) is 11.2 Å². The summed E-state index contributed by atoms with van der Waals surface area (Å²) in [5.41, 5.74) is 13.8. The van der Waals surface area contributed by atoms with E-state index in [0.29, 0.717) is 0 Å². The monoisotopic (exact) mass is 661 g/mol. The minimum atomic E-state index is 0.792. The van der Waals surface area contributed by atoms with Gasteiger partial charge in [-0.25, -0.2) is 0 Å². The van der Waals surface area contributed by atoms with E-state index in [1.165, 1.54) is 109 Å². The topological polar surface area (TPSA) is 15.4 Å². The van der Waals surface area contributed by atoms with Crippen LogP contribution in [0, 0.1) is 0 Å². The number of azo groups is 2. The first kappa shape index (κ1) is 36.7. The van der Waals surface area contributed by atoms with Gasteiger partial charge in [-0.05, 0) is 99.9 Å². The highest BCUT2D eigenvalue weighted by atomic mass is 15.3. The molecule has 2 heteroatoms. The molecule has 258 valence electrons. The normalized spacial score (nSPS) is 12.0. The first-order valence-corrected chi connectivity index (χ1v) is 19.3. The third-order valence-corrected chi connectivity index (χ3v) is 9.75. The Kier molecular flexibility index (Phi) is 14.4. The van der Waals surface area contributed by atoms with Crippen molar-refractivity contribution < 1.29 is 4.70 Å². The predicted molar refractivity (Wildman–Crippen MR) is 216 cm³/mol. The quantitative estimate of drug-likeness (QED) is 0.0504. The summed E-state index contributed by atoms with van der Waals surface area (Å²) >= 11 is 0. The largest absolute Gasteiger partial charge is 0.208 e. The van der Waals surface area contributed by atoms with Crippen LogP contribution in [0.2, 0.25) is 0 Å². The van der Waals surface area contributed by atoms with Gasteiger partial charge in [-0.2, -0.15) is 0 Å². The van der Waals surface area contributed by atoms with Gasteiger partial charge < -0.3 is 0 Å². The van der Waals surface area contributed by atoms with Crippen molar-refractivity contribution in [3.63, 3.8) is 0 Å². The molecular weight excluding hydrogens is 605 g/mol. The highest BCUT2D eigenvalue weighted by Gasteiger charge is 2.19. The minimum Gasteiger partial charge on any atom is -0.0882 e. The molecule has 0 aliphatic rings. The maximum Gasteiger partial charge on any atom is 0.208 e. The van der Waals surface area contributed by atoms with Gasteiger partial charge in [0.05, 0.1) is 0 Å². The van der Waals surface area contributed by atoms with E-state index < -0.39 is 0 Å². The molecule has 0 amide bonds. The van der Waals surface area contributed by atoms with E-state index in [-0.39, 0.29) is 0 Å². The molecule has 0 aliphatic carbocycles. The number of unbranched alkanes of at least 4 members (excludes halogenated alkanes) is 6. The van der Waals surface area contributed by atoms with Crippen molar-refractivity contribution >= 4 is 11.8 Å². The highest BCUT2D eigenvalue weighted by molar-refractivity contribution is 5.96. The Bertz CT molecular complexity index is 1760. The molecule has 0 heterocycles. The van der Waals surface area contributed by atoms with Crippen LogP contribution in [-0.2, 0) is 12.8 Å². The van der Waals surface area contributed by atoms with Gasteiger partial charge in [-0.3, -0.25) is 0 Å². The molecule has 50 heavy (non-hydrogen) atoms. The van der Waals surface area contributed by atoms with Crippen LogP contribution in [0.5, 0.6) is 0 Å². The lowest BCUT2D eigenvalue weighted by molar-refractivity contribution is -0.539. The van der Waals surface area contributed by atoms with E-state index in [9.17, 15) is 0 Å². The Balaban J connectivity index is 1.58. The highest BCUT2D eigenvalue weighted by Crippen LogP contribution is 2.43. The fourth-order valence-electron chi connectivity index (χ4n) is 7.02. The fourth-order valence-corrected chi connectivity index (χ4v) is 7.02. The number of allylic oxidation sites excluding steroid dienone is 1. The lowest BCUT2D eigenvalue weighted by Gasteiger charge is -2.17. The van der Waals surface area contributed by atoms with Crippen molar-refractivity contribution in [2.75, 3.05) is 6.54 Å². The van der Waals surface area contributed by atoms with Crippen molar-refractivity contribution in [1.82, 2.24) is 0 Å². The molecule has 0 aromatic heterocycles. The van der Waals surface area contributed by atoms with Crippen LogP contribution in [0.15, 0.2) is 132 Å². The molecule has 0 spiro atoms. The first-order valence-electron chi connectivity index (χ1n) is 19.3. The van der Waals surface area contributed by atoms with E-state index in [2.05, 4.69) is 160 Å². The summed E-state index contributed by atoms with van der Waals surface area (Å²) < 4.78 is 2.21. The molecule has 0 aliphatic heterocycles. The number of hydrogen-bond acceptors (Lipinski definition) is 1. The van der Waals surface area contributed by atoms with Gasteiger partial charge in [0.1, 0.15) is 5.69 Å². The summed E-state index contributed by atoms with van der Waals surface area (Å²) in [4.78, 5) is 0. The molecule has 0 atom stereocenters. The van der Waals surface area contributed by atoms with Crippen LogP contribution >= 0.6 is 0 Å². The van der Waals surface area contributed by atoms with Crippen LogP contribution < -0.4 is 0 Å². The van der Waals surface area contributed by atoms with Gasteiger partial charge in [0.25, 0.3) is 0 Å². The Morgan fingerprint density at radius 2 is 1.06 bits per heavy atom. The van der Waals surface area contributed by atoms with Gasteiger partial charge in [0.15, 0.2) is 6.54 Å². The summed E-state index contributed by atoms with van der Waals surface area (Å²) in [6.07, 6.45) is 16.0. The van der Waals surface area contributed by atoms with Crippen molar-refractivity contribution in [1.29, 1.82) is 0 Å². The first-order chi connectivity index (χ1) is 24.6. The average molecular weight is 662 g/mol. The Morgan fingerprint density at radius 3 is 1.56 bits per heavy atom. The number of benzene rings is 5. The van der Waals surface area contributed by atoms with Gasteiger partial charge >= 0.3 is 0 Å². The molecule has 0 bridgehead atoms. The van der Waals surface area contributed by atoms with Crippen LogP contribution in [0.4, 0.5) is 5.69 Å². The van der Waals surface area contributed by atoms with Gasteiger partial charge in [0, 0.05) is 12.5 Å². The van der Waals surface area contributed by atoms with Crippen molar-refractivity contribution in [2.24, 2.45) is 5.11 Å². The van der Waals surface area contributed by atoms with E-state index in [1.807, 2.05) is 0 Å². The second-order valence-electron chi connectivity index (χ2n) is 13.5. The van der Waals surface area contributed by atoms with Crippen LogP contribution in [0.25, 0.3) is 39.5 Å². The van der Waals surface area contributed by atoms with E-state index in [4.69, 9.17) is 5.11 Å². The SMILES string of the molecule is CCCCCCc1ccc(C=C(CC)[N+](CC)=Nc2cc(-c3ccccc3)c(-c3ccccc3)c(-c3ccccc3)c2)cc1CCCCCC. The lowest BCUT2D eigenvalue weighted by Crippen LogP contribution is -2.08. The maximum atomic E-state index is 5.38. The zero-order valence-electron chi connectivity index (χ0n) is 31.0. The maximum absolute atomic E-state index is 5.38. The second kappa shape index (κ2) is 19.6. The summed E-state index contributed by atoms with van der Waals surface area (Å²) in [5, 5.41) is 5.38. The zero-order chi connectivity index (χ0) is 35.0. The number of rotatable bonds is 18. The van der Waals surface area contributed by atoms with Gasteiger partial charge in [-0.15, -0.1) is 0 Å². The Morgan fingerprint density at radius 1 is 0.540 bits per heavy atom. The summed E-state index contributed by atoms with van der Waals surface area (Å²) in [6.45, 7) is 9.84. The molecule has 0 unspecified atom stereocenters. The third-order valence-electron chi connectivity index (χ3n) is 9.75. The Labute approximate surface area is 302 Å². The molecule has 0 saturated carbocycles. The van der Waals surface area contributed by atoms with Gasteiger partial charge in [0.2, 0.25) is 5.70 Å². The molecular formula is C48H57N2+. The second-order valence-corrected chi connectivity index (χ2v) is 13.5. The smallest absolute Gasteiger partial charge is 0.0882 e. The Hall–Kier alpha value is -4.56. The van der Waals surface area contributed by atoms with E-state index >= 15 is 0 Å². The molecule has 0 radical (unpaired) electrons. The van der Waals surface area contributed by atoms with Crippen LogP contribution in [0.1, 0.15) is 102 Å². The van der Waals surface area contributed by atoms with E-state index in [0.717, 1.165) is 18.7 Å². The van der Waals surface area contributed by atoms with E-state index in [1.54, 1.807) is 11.1 Å². The molecule has 0 fully saturated rings. The minimum absolute atomic E-state index is 0.792. The predicted octanol–water partition coefficient (Wildman–Crippen LogP) is 14.5. The molecule has 5 rings (SSSR count). The molecule has 0 N–H and O–H groups in total. The summed E-state index contributed by atoms with van der Waals surface area (Å²) in [7, 11) is 0. The summed E-state index contributed by atoms with van der Waals surface area (Å²) in [6, 6.07) is 44.1. The molecule has 5 aromatic carbocycles. The van der Waals surface area contributed by atoms with Crippen molar-refractivity contribution in [2.45, 2.75) is 98.3 Å². The number of nitrogens with zero attached hydrogens (tertiary/aromatic N) is 2. The zero-order valence-corrected chi connectivity index (χ0v) is 31.0. The number of aryl methyl sites for hydroxylation is 2. The number of hydrogen-bond donors (Lipinski definition) is 0. The average Bonchev–Trinajstić information content (AvgIpc) is 3.17.